The molecule has 0 nitrogen and oxygen atoms in total. The van der Waals surface area contributed by atoms with Crippen molar-refractivity contribution >= 4 is 35.1 Å². The van der Waals surface area contributed by atoms with Gasteiger partial charge >= 0.3 is 0 Å². The van der Waals surface area contributed by atoms with Crippen LogP contribution in [0, 0.1) is 35.5 Å². The van der Waals surface area contributed by atoms with Gasteiger partial charge < -0.3 is 0 Å². The molecule has 2 aromatic carbocycles. The highest BCUT2D eigenvalue weighted by molar-refractivity contribution is 7.34. The quantitative estimate of drug-likeness (QED) is 0.257. The van der Waals surface area contributed by atoms with Gasteiger partial charge in [0.25, 0.3) is 0 Å². The van der Waals surface area contributed by atoms with Crippen LogP contribution in [0.3, 0.4) is 0 Å². The maximum absolute atomic E-state index is 2.75. The Bertz CT molecular complexity index is 1080. The van der Waals surface area contributed by atoms with E-state index < -0.39 is 24.7 Å². The van der Waals surface area contributed by atoms with Gasteiger partial charge in [0.15, 0.2) is 0 Å². The zero-order chi connectivity index (χ0) is 27.9. The first kappa shape index (κ1) is 29.2. The first-order valence-corrected chi connectivity index (χ1v) is 26.2. The van der Waals surface area contributed by atoms with Gasteiger partial charge in [0.1, 0.15) is 0 Å². The van der Waals surface area contributed by atoms with Gasteiger partial charge in [0, 0.05) is 8.07 Å². The molecule has 0 heterocycles. The Morgan fingerprint density at radius 3 is 2.05 bits per heavy atom. The number of hydrogen-bond acceptors (Lipinski definition) is 0. The van der Waals surface area contributed by atoms with Crippen LogP contribution in [-0.2, 0) is 0 Å². The molecule has 4 saturated carbocycles. The van der Waals surface area contributed by atoms with Crippen molar-refractivity contribution in [3.8, 4) is 0 Å². The van der Waals surface area contributed by atoms with Crippen molar-refractivity contribution in [1.29, 1.82) is 0 Å². The summed E-state index contributed by atoms with van der Waals surface area (Å²) in [5, 5.41) is 3.70. The van der Waals surface area contributed by atoms with Crippen molar-refractivity contribution in [3.05, 3.63) is 60.7 Å². The summed E-state index contributed by atoms with van der Waals surface area (Å²) in [6.45, 7) is 13.4. The summed E-state index contributed by atoms with van der Waals surface area (Å²) >= 11 is 0. The van der Waals surface area contributed by atoms with Crippen LogP contribution in [-0.4, -0.2) is 24.7 Å². The molecule has 218 valence electrons. The number of rotatable bonds is 9. The molecule has 0 amide bonds. The molecule has 0 radical (unpaired) electrons. The zero-order valence-corrected chi connectivity index (χ0v) is 29.7. The summed E-state index contributed by atoms with van der Waals surface area (Å²) in [4.78, 5) is 0. The van der Waals surface area contributed by atoms with E-state index >= 15 is 0 Å². The average Bonchev–Trinajstić information content (AvgIpc) is 3.68. The van der Waals surface area contributed by atoms with E-state index in [1.54, 1.807) is 32.1 Å². The van der Waals surface area contributed by atoms with Crippen molar-refractivity contribution < 1.29 is 0 Å². The summed E-state index contributed by atoms with van der Waals surface area (Å²) in [5.41, 5.74) is 3.14. The second-order valence-corrected chi connectivity index (χ2v) is 30.9. The minimum atomic E-state index is -1.21. The van der Waals surface area contributed by atoms with Crippen LogP contribution in [0.4, 0.5) is 0 Å². The molecule has 0 aromatic heterocycles. The van der Waals surface area contributed by atoms with Gasteiger partial charge in [-0.2, -0.15) is 0 Å². The maximum atomic E-state index is 2.75. The van der Waals surface area contributed by atoms with E-state index in [0.717, 1.165) is 52.1 Å². The van der Waals surface area contributed by atoms with Crippen LogP contribution in [0.5, 0.6) is 0 Å². The Kier molecular flexibility index (Phi) is 9.02. The van der Waals surface area contributed by atoms with E-state index in [4.69, 9.17) is 0 Å². The molecule has 40 heavy (non-hydrogen) atoms. The minimum Gasteiger partial charge on any atom is -0.0693 e. The molecule has 0 spiro atoms. The molecular weight excluding hydrogens is 529 g/mol. The zero-order valence-electron chi connectivity index (χ0n) is 26.4. The molecule has 0 saturated heterocycles. The predicted molar refractivity (Wildman–Crippen MR) is 184 cm³/mol. The summed E-state index contributed by atoms with van der Waals surface area (Å²) < 4.78 is 0. The monoisotopic (exact) mass is 586 g/mol. The Morgan fingerprint density at radius 2 is 1.40 bits per heavy atom. The summed E-state index contributed by atoms with van der Waals surface area (Å²) in [5.74, 6) is 6.13. The lowest BCUT2D eigenvalue weighted by atomic mass is 9.70. The van der Waals surface area contributed by atoms with Crippen LogP contribution in [0.1, 0.15) is 84.5 Å². The van der Waals surface area contributed by atoms with Crippen LogP contribution >= 0.6 is 0 Å². The van der Waals surface area contributed by atoms with E-state index in [1.807, 2.05) is 10.4 Å². The molecule has 6 rings (SSSR count). The molecule has 0 N–H and O–H groups in total. The minimum absolute atomic E-state index is 0.931. The lowest BCUT2D eigenvalue weighted by molar-refractivity contribution is 0.152. The lowest BCUT2D eigenvalue weighted by Crippen LogP contribution is -2.59. The molecule has 0 aliphatic heterocycles. The third kappa shape index (κ3) is 5.70. The third-order valence-electron chi connectivity index (χ3n) is 12.8. The SMILES string of the molecule is CCCCC1CCC([SiH](c2ccccc2)[SiH](c2ccccc2)C2C(C)CC3C2CC2CCCC2C3[Si](C)(C)C)C1. The molecule has 11 atom stereocenters. The fourth-order valence-corrected chi connectivity index (χ4v) is 32.3. The summed E-state index contributed by atoms with van der Waals surface area (Å²) in [6, 6.07) is 24.6. The smallest absolute Gasteiger partial charge is 0.0693 e. The van der Waals surface area contributed by atoms with E-state index in [1.165, 1.54) is 38.5 Å². The molecule has 11 unspecified atom stereocenters. The van der Waals surface area contributed by atoms with E-state index in [-0.39, 0.29) is 0 Å². The highest BCUT2D eigenvalue weighted by Gasteiger charge is 2.59. The van der Waals surface area contributed by atoms with Gasteiger partial charge in [-0.25, -0.2) is 0 Å². The fraction of sp³-hybridized carbons (Fsp3) is 0.676. The molecule has 2 aromatic rings. The third-order valence-corrected chi connectivity index (χ3v) is 29.9. The van der Waals surface area contributed by atoms with Crippen molar-refractivity contribution in [2.24, 2.45) is 35.5 Å². The average molecular weight is 587 g/mol. The van der Waals surface area contributed by atoms with Crippen molar-refractivity contribution in [2.75, 3.05) is 0 Å². The lowest BCUT2D eigenvalue weighted by Gasteiger charge is -2.50. The molecule has 4 aliphatic rings. The van der Waals surface area contributed by atoms with Crippen LogP contribution in [0.15, 0.2) is 60.7 Å². The number of hydrogen-bond donors (Lipinski definition) is 0. The molecule has 4 fully saturated rings. The normalized spacial score (nSPS) is 37.2. The molecule has 0 bridgehead atoms. The Morgan fingerprint density at radius 1 is 0.725 bits per heavy atom. The second kappa shape index (κ2) is 12.4. The Balaban J connectivity index is 1.42. The highest BCUT2D eigenvalue weighted by Crippen LogP contribution is 2.65. The van der Waals surface area contributed by atoms with Gasteiger partial charge in [-0.05, 0) is 65.0 Å². The summed E-state index contributed by atoms with van der Waals surface area (Å²) in [6.07, 6.45) is 16.7. The van der Waals surface area contributed by atoms with Gasteiger partial charge in [-0.1, -0.05) is 162 Å². The van der Waals surface area contributed by atoms with Gasteiger partial charge in [-0.15, -0.1) is 0 Å². The Hall–Kier alpha value is -0.909. The topological polar surface area (TPSA) is 0 Å². The van der Waals surface area contributed by atoms with Gasteiger partial charge in [-0.3, -0.25) is 0 Å². The van der Waals surface area contributed by atoms with Crippen molar-refractivity contribution in [2.45, 2.75) is 121 Å². The molecular formula is C37H58Si3. The van der Waals surface area contributed by atoms with Crippen molar-refractivity contribution in [1.82, 2.24) is 0 Å². The Labute approximate surface area is 251 Å². The number of unbranched alkanes of at least 4 members (excludes halogenated alkanes) is 1. The molecule has 3 heteroatoms. The first-order valence-electron chi connectivity index (χ1n) is 17.5. The number of fused-ring (bicyclic) bond motifs is 2. The largest absolute Gasteiger partial charge is 0.0705 e. The van der Waals surface area contributed by atoms with Gasteiger partial charge in [0.2, 0.25) is 0 Å². The predicted octanol–water partition coefficient (Wildman–Crippen LogP) is 8.86. The highest BCUT2D eigenvalue weighted by atomic mass is 29.2. The maximum Gasteiger partial charge on any atom is 0.0705 e. The van der Waals surface area contributed by atoms with E-state index in [0.29, 0.717) is 0 Å². The standard InChI is InChI=1S/C37H58Si3/c1-6-7-15-28-22-23-32(25-28)38(30-17-10-8-11-18-30)39(31-19-12-9-13-20-31)36-27(2)24-35-34(36)26-29-16-14-21-33(29)37(35)40(3,4)5/h8-13,17-20,27-29,32-39H,6-7,14-16,21-26H2,1-5H3. The second-order valence-electron chi connectivity index (χ2n) is 16.1. The molecule has 4 aliphatic carbocycles. The number of benzene rings is 2. The van der Waals surface area contributed by atoms with Crippen LogP contribution in [0.25, 0.3) is 0 Å². The van der Waals surface area contributed by atoms with Crippen LogP contribution < -0.4 is 10.4 Å². The summed E-state index contributed by atoms with van der Waals surface area (Å²) in [7, 11) is -3.58. The first-order chi connectivity index (χ1) is 19.4. The van der Waals surface area contributed by atoms with E-state index in [2.05, 4.69) is 94.2 Å². The van der Waals surface area contributed by atoms with Crippen LogP contribution in [0.2, 0.25) is 36.3 Å². The van der Waals surface area contributed by atoms with E-state index in [9.17, 15) is 0 Å². The fourth-order valence-electron chi connectivity index (χ4n) is 11.6. The van der Waals surface area contributed by atoms with Gasteiger partial charge in [0.05, 0.1) is 16.6 Å². The van der Waals surface area contributed by atoms with Crippen molar-refractivity contribution in [3.63, 3.8) is 0 Å².